The molecule has 0 radical (unpaired) electrons. The summed E-state index contributed by atoms with van der Waals surface area (Å²) in [5.74, 6) is -1.74. The number of benzene rings is 1. The fourth-order valence-electron chi connectivity index (χ4n) is 8.29. The lowest BCUT2D eigenvalue weighted by Crippen LogP contribution is -2.59. The summed E-state index contributed by atoms with van der Waals surface area (Å²) >= 11 is 0. The SMILES string of the molecule is C[C@]12C=CC(=O)NC1CC[C@@H]1[C@H]2CC[C@]2(C)C(C(=O)NC(Cc3ccccc3)C(=O)C(F)(F)F)CC[C@@H]12. The Morgan fingerprint density at radius 2 is 1.78 bits per heavy atom. The van der Waals surface area contributed by atoms with E-state index in [1.165, 1.54) is 0 Å². The molecule has 3 unspecified atom stereocenters. The van der Waals surface area contributed by atoms with Crippen molar-refractivity contribution in [1.82, 2.24) is 10.6 Å². The summed E-state index contributed by atoms with van der Waals surface area (Å²) in [6.45, 7) is 4.35. The second kappa shape index (κ2) is 9.28. The number of hydrogen-bond acceptors (Lipinski definition) is 3. The van der Waals surface area contributed by atoms with Crippen LogP contribution in [0.3, 0.4) is 0 Å². The fourth-order valence-corrected chi connectivity index (χ4v) is 8.29. The van der Waals surface area contributed by atoms with Crippen molar-refractivity contribution in [2.45, 2.75) is 77.1 Å². The third-order valence-electron chi connectivity index (χ3n) is 10.2. The zero-order valence-electron chi connectivity index (χ0n) is 21.3. The molecule has 3 fully saturated rings. The van der Waals surface area contributed by atoms with Crippen molar-refractivity contribution in [1.29, 1.82) is 0 Å². The average molecular weight is 517 g/mol. The van der Waals surface area contributed by atoms with Gasteiger partial charge in [-0.3, -0.25) is 14.4 Å². The van der Waals surface area contributed by atoms with Crippen LogP contribution in [0.15, 0.2) is 42.5 Å². The van der Waals surface area contributed by atoms with Crippen molar-refractivity contribution in [3.63, 3.8) is 0 Å². The van der Waals surface area contributed by atoms with Gasteiger partial charge in [-0.25, -0.2) is 0 Å². The highest BCUT2D eigenvalue weighted by Gasteiger charge is 2.61. The molecule has 2 N–H and O–H groups in total. The molecule has 0 aromatic heterocycles. The number of Topliss-reactive ketones (excluding diaryl/α,β-unsaturated/α-hetero) is 1. The largest absolute Gasteiger partial charge is 0.452 e. The highest BCUT2D eigenvalue weighted by atomic mass is 19.4. The highest BCUT2D eigenvalue weighted by Crippen LogP contribution is 2.65. The van der Waals surface area contributed by atoms with Gasteiger partial charge in [-0.15, -0.1) is 0 Å². The van der Waals surface area contributed by atoms with Gasteiger partial charge in [0.25, 0.3) is 5.78 Å². The van der Waals surface area contributed by atoms with E-state index in [1.807, 2.05) is 0 Å². The quantitative estimate of drug-likeness (QED) is 0.593. The summed E-state index contributed by atoms with van der Waals surface area (Å²) in [5, 5.41) is 5.67. The number of fused-ring (bicyclic) bond motifs is 5. The maximum Gasteiger partial charge on any atom is 0.452 e. The first kappa shape index (κ1) is 26.0. The molecule has 1 aromatic rings. The summed E-state index contributed by atoms with van der Waals surface area (Å²) in [7, 11) is 0. The molecular weight excluding hydrogens is 481 g/mol. The van der Waals surface area contributed by atoms with E-state index in [0.29, 0.717) is 23.8 Å². The minimum absolute atomic E-state index is 0.0439. The molecule has 4 aliphatic rings. The highest BCUT2D eigenvalue weighted by molar-refractivity contribution is 5.93. The van der Waals surface area contributed by atoms with Crippen molar-refractivity contribution >= 4 is 17.6 Å². The number of carbonyl (C=O) groups is 3. The molecule has 5 rings (SSSR count). The molecule has 0 saturated heterocycles. The van der Waals surface area contributed by atoms with E-state index in [9.17, 15) is 27.6 Å². The number of nitrogens with one attached hydrogen (secondary N) is 2. The van der Waals surface area contributed by atoms with Gasteiger partial charge in [-0.05, 0) is 73.3 Å². The Bertz CT molecular complexity index is 1100. The normalized spacial score (nSPS) is 37.5. The van der Waals surface area contributed by atoms with E-state index in [-0.39, 0.29) is 35.1 Å². The second-order valence-electron chi connectivity index (χ2n) is 12.0. The average Bonchev–Trinajstić information content (AvgIpc) is 3.21. The number of carbonyl (C=O) groups excluding carboxylic acids is 3. The van der Waals surface area contributed by atoms with Crippen LogP contribution in [0.1, 0.15) is 57.9 Å². The third kappa shape index (κ3) is 4.50. The fraction of sp³-hybridized carbons (Fsp3) is 0.621. The molecule has 8 heteroatoms. The van der Waals surface area contributed by atoms with Gasteiger partial charge in [0.05, 0.1) is 0 Å². The molecule has 37 heavy (non-hydrogen) atoms. The van der Waals surface area contributed by atoms with Gasteiger partial charge in [0.1, 0.15) is 6.04 Å². The first-order valence-electron chi connectivity index (χ1n) is 13.4. The molecular formula is C29H35F3N2O3. The van der Waals surface area contributed by atoms with Crippen LogP contribution in [-0.2, 0) is 20.8 Å². The van der Waals surface area contributed by atoms with E-state index in [0.717, 1.165) is 32.1 Å². The maximum absolute atomic E-state index is 13.5. The van der Waals surface area contributed by atoms with E-state index >= 15 is 0 Å². The van der Waals surface area contributed by atoms with Gasteiger partial charge >= 0.3 is 6.18 Å². The minimum Gasteiger partial charge on any atom is -0.349 e. The molecule has 2 amide bonds. The van der Waals surface area contributed by atoms with Gasteiger partial charge in [-0.1, -0.05) is 50.3 Å². The molecule has 1 aliphatic heterocycles. The molecule has 0 bridgehead atoms. The van der Waals surface area contributed by atoms with E-state index in [4.69, 9.17) is 0 Å². The summed E-state index contributed by atoms with van der Waals surface area (Å²) in [6.07, 6.45) is 3.52. The van der Waals surface area contributed by atoms with Crippen LogP contribution in [0, 0.1) is 34.5 Å². The smallest absolute Gasteiger partial charge is 0.349 e. The van der Waals surface area contributed by atoms with Crippen LogP contribution in [0.25, 0.3) is 0 Å². The standard InChI is InChI=1S/C29H35F3N2O3/c1-27-14-12-20-18(8-11-23-28(20,2)15-13-24(35)34-23)19(27)9-10-21(27)26(37)33-22(25(36)29(30,31)32)16-17-6-4-3-5-7-17/h3-7,13,15,18-23H,8-12,14,16H2,1-2H3,(H,33,37)(H,34,35)/t18-,19-,20+,21?,22?,23?,27-,28+/m0/s1. The predicted molar refractivity (Wildman–Crippen MR) is 132 cm³/mol. The Balaban J connectivity index is 1.34. The van der Waals surface area contributed by atoms with Crippen molar-refractivity contribution in [2.75, 3.05) is 0 Å². The van der Waals surface area contributed by atoms with Crippen molar-refractivity contribution in [3.05, 3.63) is 48.0 Å². The molecule has 0 spiro atoms. The van der Waals surface area contributed by atoms with Gasteiger partial charge in [-0.2, -0.15) is 13.2 Å². The molecule has 1 heterocycles. The number of amides is 2. The van der Waals surface area contributed by atoms with E-state index in [1.54, 1.807) is 36.4 Å². The van der Waals surface area contributed by atoms with Gasteiger partial charge in [0, 0.05) is 23.8 Å². The van der Waals surface area contributed by atoms with Crippen molar-refractivity contribution < 1.29 is 27.6 Å². The van der Waals surface area contributed by atoms with Crippen LogP contribution >= 0.6 is 0 Å². The lowest BCUT2D eigenvalue weighted by atomic mass is 9.48. The van der Waals surface area contributed by atoms with Crippen LogP contribution in [0.4, 0.5) is 13.2 Å². The predicted octanol–water partition coefficient (Wildman–Crippen LogP) is 4.76. The van der Waals surface area contributed by atoms with Crippen molar-refractivity contribution in [2.24, 2.45) is 34.5 Å². The first-order chi connectivity index (χ1) is 17.4. The Labute approximate surface area is 215 Å². The van der Waals surface area contributed by atoms with Gasteiger partial charge < -0.3 is 10.6 Å². The lowest BCUT2D eigenvalue weighted by molar-refractivity contribution is -0.174. The number of ketones is 1. The van der Waals surface area contributed by atoms with Crippen LogP contribution < -0.4 is 10.6 Å². The Hall–Kier alpha value is -2.64. The number of hydrogen-bond donors (Lipinski definition) is 2. The molecule has 3 saturated carbocycles. The summed E-state index contributed by atoms with van der Waals surface area (Å²) < 4.78 is 40.3. The Kier molecular flexibility index (Phi) is 6.52. The Morgan fingerprint density at radius 1 is 1.05 bits per heavy atom. The number of halogens is 3. The van der Waals surface area contributed by atoms with E-state index < -0.39 is 29.8 Å². The van der Waals surface area contributed by atoms with Crippen LogP contribution in [0.5, 0.6) is 0 Å². The summed E-state index contributed by atoms with van der Waals surface area (Å²) in [4.78, 5) is 37.8. The zero-order valence-corrected chi connectivity index (χ0v) is 21.3. The van der Waals surface area contributed by atoms with Crippen molar-refractivity contribution in [3.8, 4) is 0 Å². The van der Waals surface area contributed by atoms with Gasteiger partial charge in [0.15, 0.2) is 0 Å². The zero-order chi connectivity index (χ0) is 26.6. The topological polar surface area (TPSA) is 75.3 Å². The third-order valence-corrected chi connectivity index (χ3v) is 10.2. The summed E-state index contributed by atoms with van der Waals surface area (Å²) in [6, 6.07) is 6.96. The lowest BCUT2D eigenvalue weighted by Gasteiger charge is -2.58. The van der Waals surface area contributed by atoms with Crippen LogP contribution in [0.2, 0.25) is 0 Å². The monoisotopic (exact) mass is 516 g/mol. The molecule has 200 valence electrons. The maximum atomic E-state index is 13.5. The molecule has 5 nitrogen and oxygen atoms in total. The first-order valence-corrected chi connectivity index (χ1v) is 13.4. The number of alkyl halides is 3. The van der Waals surface area contributed by atoms with E-state index in [2.05, 4.69) is 30.6 Å². The minimum atomic E-state index is -5.02. The molecule has 8 atom stereocenters. The van der Waals surface area contributed by atoms with Crippen LogP contribution in [-0.4, -0.2) is 35.9 Å². The molecule has 3 aliphatic carbocycles. The Morgan fingerprint density at radius 3 is 2.49 bits per heavy atom. The summed E-state index contributed by atoms with van der Waals surface area (Å²) in [5.41, 5.74) is 0.117. The molecule has 1 aromatic carbocycles. The second-order valence-corrected chi connectivity index (χ2v) is 12.0. The van der Waals surface area contributed by atoms with Gasteiger partial charge in [0.2, 0.25) is 11.8 Å². The number of rotatable bonds is 5.